The third kappa shape index (κ3) is 2.50. The lowest BCUT2D eigenvalue weighted by Crippen LogP contribution is -2.02. The number of Topliss-reactive ketones (excluding diaryl/α,β-unsaturated/α-hetero) is 1. The van der Waals surface area contributed by atoms with E-state index < -0.39 is 0 Å². The van der Waals surface area contributed by atoms with E-state index in [0.717, 1.165) is 10.0 Å². The van der Waals surface area contributed by atoms with E-state index in [1.165, 1.54) is 0 Å². The molecule has 17 heavy (non-hydrogen) atoms. The molecule has 0 N–H and O–H groups in total. The summed E-state index contributed by atoms with van der Waals surface area (Å²) in [6, 6.07) is 7.60. The summed E-state index contributed by atoms with van der Waals surface area (Å²) in [5, 5.41) is 4.22. The first-order valence-electron chi connectivity index (χ1n) is 4.95. The molecule has 0 aliphatic rings. The number of ketones is 1. The summed E-state index contributed by atoms with van der Waals surface area (Å²) in [4.78, 5) is 11.8. The van der Waals surface area contributed by atoms with E-state index in [1.807, 2.05) is 24.3 Å². The van der Waals surface area contributed by atoms with Gasteiger partial charge in [0.2, 0.25) is 0 Å². The Bertz CT molecular complexity index is 546. The van der Waals surface area contributed by atoms with Crippen LogP contribution in [0.1, 0.15) is 16.1 Å². The molecular formula is C12H9Br2NO2. The smallest absolute Gasteiger partial charge is 0.179 e. The molecule has 1 aromatic carbocycles. The van der Waals surface area contributed by atoms with Gasteiger partial charge in [-0.15, -0.1) is 0 Å². The van der Waals surface area contributed by atoms with Crippen molar-refractivity contribution < 1.29 is 9.32 Å². The van der Waals surface area contributed by atoms with Crippen molar-refractivity contribution in [1.82, 2.24) is 5.16 Å². The SMILES string of the molecule is Cc1onc(-c2ccc(Br)cc2)c1C(=O)CBr. The fourth-order valence-electron chi connectivity index (χ4n) is 1.57. The maximum atomic E-state index is 11.8. The highest BCUT2D eigenvalue weighted by Gasteiger charge is 2.20. The van der Waals surface area contributed by atoms with Crippen LogP contribution in [0.4, 0.5) is 0 Å². The molecule has 3 nitrogen and oxygen atoms in total. The predicted molar refractivity (Wildman–Crippen MR) is 72.5 cm³/mol. The monoisotopic (exact) mass is 357 g/mol. The number of nitrogens with zero attached hydrogens (tertiary/aromatic N) is 1. The van der Waals surface area contributed by atoms with Gasteiger partial charge < -0.3 is 4.52 Å². The minimum absolute atomic E-state index is 0.0262. The molecule has 0 atom stereocenters. The van der Waals surface area contributed by atoms with Gasteiger partial charge in [-0.05, 0) is 19.1 Å². The molecular weight excluding hydrogens is 350 g/mol. The van der Waals surface area contributed by atoms with E-state index in [2.05, 4.69) is 37.0 Å². The number of halogens is 2. The van der Waals surface area contributed by atoms with Crippen molar-refractivity contribution in [1.29, 1.82) is 0 Å². The van der Waals surface area contributed by atoms with E-state index in [1.54, 1.807) is 6.92 Å². The zero-order chi connectivity index (χ0) is 12.4. The topological polar surface area (TPSA) is 43.1 Å². The number of carbonyl (C=O) groups excluding carboxylic acids is 1. The van der Waals surface area contributed by atoms with Crippen molar-refractivity contribution >= 4 is 37.6 Å². The summed E-state index contributed by atoms with van der Waals surface area (Å²) in [5.41, 5.74) is 2.01. The molecule has 0 saturated carbocycles. The number of hydrogen-bond acceptors (Lipinski definition) is 3. The van der Waals surface area contributed by atoms with Crippen LogP contribution in [-0.4, -0.2) is 16.3 Å². The van der Waals surface area contributed by atoms with Gasteiger partial charge in [0.05, 0.1) is 10.9 Å². The van der Waals surface area contributed by atoms with Crippen LogP contribution in [0.5, 0.6) is 0 Å². The zero-order valence-corrected chi connectivity index (χ0v) is 12.2. The Labute approximate surface area is 115 Å². The van der Waals surface area contributed by atoms with Crippen LogP contribution in [0.25, 0.3) is 11.3 Å². The zero-order valence-electron chi connectivity index (χ0n) is 9.04. The van der Waals surface area contributed by atoms with Crippen LogP contribution in [-0.2, 0) is 0 Å². The molecule has 0 aliphatic heterocycles. The highest BCUT2D eigenvalue weighted by atomic mass is 79.9. The van der Waals surface area contributed by atoms with Gasteiger partial charge in [0.1, 0.15) is 11.5 Å². The Morgan fingerprint density at radius 1 is 1.35 bits per heavy atom. The van der Waals surface area contributed by atoms with Crippen molar-refractivity contribution in [3.63, 3.8) is 0 Å². The average molecular weight is 359 g/mol. The summed E-state index contributed by atoms with van der Waals surface area (Å²) in [5.74, 6) is 0.522. The maximum Gasteiger partial charge on any atom is 0.179 e. The summed E-state index contributed by atoms with van der Waals surface area (Å²) in [6.45, 7) is 1.74. The van der Waals surface area contributed by atoms with E-state index >= 15 is 0 Å². The molecule has 0 aliphatic carbocycles. The fourth-order valence-corrected chi connectivity index (χ4v) is 2.12. The van der Waals surface area contributed by atoms with Crippen LogP contribution in [0, 0.1) is 6.92 Å². The van der Waals surface area contributed by atoms with Crippen LogP contribution < -0.4 is 0 Å². The van der Waals surface area contributed by atoms with Gasteiger partial charge in [-0.3, -0.25) is 4.79 Å². The van der Waals surface area contributed by atoms with E-state index in [0.29, 0.717) is 17.0 Å². The lowest BCUT2D eigenvalue weighted by molar-refractivity contribution is 0.102. The number of carbonyl (C=O) groups is 1. The first-order chi connectivity index (χ1) is 8.13. The average Bonchev–Trinajstić information content (AvgIpc) is 2.71. The first kappa shape index (κ1) is 12.5. The van der Waals surface area contributed by atoms with Gasteiger partial charge in [-0.1, -0.05) is 49.1 Å². The van der Waals surface area contributed by atoms with E-state index in [9.17, 15) is 4.79 Å². The van der Waals surface area contributed by atoms with Crippen LogP contribution in [0.2, 0.25) is 0 Å². The number of rotatable bonds is 3. The molecule has 0 bridgehead atoms. The molecule has 5 heteroatoms. The Morgan fingerprint density at radius 3 is 2.59 bits per heavy atom. The predicted octanol–water partition coefficient (Wildman–Crippen LogP) is 3.99. The Kier molecular flexibility index (Phi) is 3.79. The van der Waals surface area contributed by atoms with E-state index in [-0.39, 0.29) is 11.1 Å². The van der Waals surface area contributed by atoms with Gasteiger partial charge in [0.15, 0.2) is 5.78 Å². The molecule has 88 valence electrons. The summed E-state index contributed by atoms with van der Waals surface area (Å²) in [7, 11) is 0. The number of hydrogen-bond donors (Lipinski definition) is 0. The molecule has 2 aromatic rings. The molecule has 0 saturated heterocycles. The molecule has 1 heterocycles. The largest absolute Gasteiger partial charge is 0.360 e. The van der Waals surface area contributed by atoms with Gasteiger partial charge in [0, 0.05) is 10.0 Å². The minimum Gasteiger partial charge on any atom is -0.360 e. The first-order valence-corrected chi connectivity index (χ1v) is 6.86. The quantitative estimate of drug-likeness (QED) is 0.615. The van der Waals surface area contributed by atoms with Gasteiger partial charge in [-0.25, -0.2) is 0 Å². The lowest BCUT2D eigenvalue weighted by Gasteiger charge is -2.00. The van der Waals surface area contributed by atoms with Gasteiger partial charge >= 0.3 is 0 Å². The molecule has 0 fully saturated rings. The molecule has 1 aromatic heterocycles. The third-order valence-corrected chi connectivity index (χ3v) is 3.42. The molecule has 2 rings (SSSR count). The standard InChI is InChI=1S/C12H9Br2NO2/c1-7-11(10(16)6-13)12(15-17-7)8-2-4-9(14)5-3-8/h2-5H,6H2,1H3. The van der Waals surface area contributed by atoms with Crippen molar-refractivity contribution in [2.24, 2.45) is 0 Å². The molecule has 0 spiro atoms. The fraction of sp³-hybridized carbons (Fsp3) is 0.167. The molecule has 0 unspecified atom stereocenters. The maximum absolute atomic E-state index is 11.8. The minimum atomic E-state index is -0.0262. The summed E-state index contributed by atoms with van der Waals surface area (Å²) < 4.78 is 6.08. The second-order valence-corrected chi connectivity index (χ2v) is 5.00. The van der Waals surface area contributed by atoms with Crippen LogP contribution >= 0.6 is 31.9 Å². The normalized spacial score (nSPS) is 10.5. The number of aryl methyl sites for hydroxylation is 1. The number of aromatic nitrogens is 1. The third-order valence-electron chi connectivity index (χ3n) is 2.38. The van der Waals surface area contributed by atoms with Crippen molar-refractivity contribution in [3.05, 3.63) is 40.1 Å². The Morgan fingerprint density at radius 2 is 2.00 bits per heavy atom. The van der Waals surface area contributed by atoms with E-state index in [4.69, 9.17) is 4.52 Å². The number of alkyl halides is 1. The summed E-state index contributed by atoms with van der Waals surface area (Å²) >= 11 is 6.53. The van der Waals surface area contributed by atoms with Crippen LogP contribution in [0.15, 0.2) is 33.3 Å². The molecule has 0 radical (unpaired) electrons. The second-order valence-electron chi connectivity index (χ2n) is 3.53. The second kappa shape index (κ2) is 5.14. The van der Waals surface area contributed by atoms with Crippen molar-refractivity contribution in [2.75, 3.05) is 5.33 Å². The molecule has 0 amide bonds. The van der Waals surface area contributed by atoms with Crippen molar-refractivity contribution in [2.45, 2.75) is 6.92 Å². The van der Waals surface area contributed by atoms with Gasteiger partial charge in [0.25, 0.3) is 0 Å². The summed E-state index contributed by atoms with van der Waals surface area (Å²) in [6.07, 6.45) is 0. The van der Waals surface area contributed by atoms with Crippen LogP contribution in [0.3, 0.4) is 0 Å². The van der Waals surface area contributed by atoms with Crippen molar-refractivity contribution in [3.8, 4) is 11.3 Å². The lowest BCUT2D eigenvalue weighted by atomic mass is 10.0. The number of benzene rings is 1. The Hall–Kier alpha value is -0.940. The van der Waals surface area contributed by atoms with Gasteiger partial charge in [-0.2, -0.15) is 0 Å². The highest BCUT2D eigenvalue weighted by Crippen LogP contribution is 2.27. The highest BCUT2D eigenvalue weighted by molar-refractivity contribution is 9.10. The Balaban J connectivity index is 2.52.